The van der Waals surface area contributed by atoms with Gasteiger partial charge in [-0.05, 0) is 50.0 Å². The van der Waals surface area contributed by atoms with Crippen LogP contribution in [-0.4, -0.2) is 30.1 Å². The molecule has 1 aromatic carbocycles. The first-order valence-corrected chi connectivity index (χ1v) is 6.97. The zero-order valence-electron chi connectivity index (χ0n) is 11.0. The predicted molar refractivity (Wildman–Crippen MR) is 77.3 cm³/mol. The summed E-state index contributed by atoms with van der Waals surface area (Å²) in [5, 5.41) is 15.3. The Labute approximate surface area is 122 Å². The summed E-state index contributed by atoms with van der Waals surface area (Å²) in [7, 11) is 0. The van der Waals surface area contributed by atoms with Crippen LogP contribution in [0.1, 0.15) is 29.6 Å². The number of hydrogen-bond acceptors (Lipinski definition) is 3. The SMILES string of the molecule is O=C(CCC1CCNC1)Nc1ccc(Cl)cc1C(=O)O. The molecule has 6 heteroatoms. The molecule has 1 saturated heterocycles. The summed E-state index contributed by atoms with van der Waals surface area (Å²) >= 11 is 5.76. The minimum atomic E-state index is -1.11. The molecule has 0 aliphatic carbocycles. The van der Waals surface area contributed by atoms with Gasteiger partial charge in [0.25, 0.3) is 0 Å². The molecule has 3 N–H and O–H groups in total. The van der Waals surface area contributed by atoms with Gasteiger partial charge in [-0.3, -0.25) is 4.79 Å². The zero-order chi connectivity index (χ0) is 14.5. The molecule has 0 aromatic heterocycles. The molecule has 20 heavy (non-hydrogen) atoms. The van der Waals surface area contributed by atoms with Crippen LogP contribution in [0.3, 0.4) is 0 Å². The molecule has 1 unspecified atom stereocenters. The monoisotopic (exact) mass is 296 g/mol. The Bertz CT molecular complexity index is 513. The Balaban J connectivity index is 1.94. The highest BCUT2D eigenvalue weighted by molar-refractivity contribution is 6.31. The fourth-order valence-corrected chi connectivity index (χ4v) is 2.48. The second-order valence-corrected chi connectivity index (χ2v) is 5.38. The highest BCUT2D eigenvalue weighted by Crippen LogP contribution is 2.21. The molecule has 0 radical (unpaired) electrons. The van der Waals surface area contributed by atoms with E-state index in [2.05, 4.69) is 10.6 Å². The van der Waals surface area contributed by atoms with Gasteiger partial charge in [-0.2, -0.15) is 0 Å². The van der Waals surface area contributed by atoms with Crippen molar-refractivity contribution < 1.29 is 14.7 Å². The fourth-order valence-electron chi connectivity index (χ4n) is 2.31. The second kappa shape index (κ2) is 6.72. The van der Waals surface area contributed by atoms with E-state index in [1.807, 2.05) is 0 Å². The van der Waals surface area contributed by atoms with Crippen molar-refractivity contribution in [3.63, 3.8) is 0 Å². The number of carbonyl (C=O) groups excluding carboxylic acids is 1. The lowest BCUT2D eigenvalue weighted by molar-refractivity contribution is -0.116. The lowest BCUT2D eigenvalue weighted by atomic mass is 10.0. The third-order valence-corrected chi connectivity index (χ3v) is 3.66. The second-order valence-electron chi connectivity index (χ2n) is 4.94. The molecule has 108 valence electrons. The third-order valence-electron chi connectivity index (χ3n) is 3.43. The minimum Gasteiger partial charge on any atom is -0.478 e. The largest absolute Gasteiger partial charge is 0.478 e. The number of nitrogens with one attached hydrogen (secondary N) is 2. The number of carbonyl (C=O) groups is 2. The number of rotatable bonds is 5. The maximum atomic E-state index is 11.9. The van der Waals surface area contributed by atoms with Gasteiger partial charge in [-0.1, -0.05) is 11.6 Å². The van der Waals surface area contributed by atoms with Crippen LogP contribution >= 0.6 is 11.6 Å². The van der Waals surface area contributed by atoms with Crippen LogP contribution in [0.25, 0.3) is 0 Å². The molecule has 0 spiro atoms. The summed E-state index contributed by atoms with van der Waals surface area (Å²) in [6.45, 7) is 1.96. The highest BCUT2D eigenvalue weighted by atomic mass is 35.5. The van der Waals surface area contributed by atoms with Gasteiger partial charge in [-0.15, -0.1) is 0 Å². The van der Waals surface area contributed by atoms with Gasteiger partial charge in [0, 0.05) is 11.4 Å². The number of halogens is 1. The average Bonchev–Trinajstić information content (AvgIpc) is 2.91. The fraction of sp³-hybridized carbons (Fsp3) is 0.429. The molecule has 2 rings (SSSR count). The van der Waals surface area contributed by atoms with Crippen LogP contribution in [0.4, 0.5) is 5.69 Å². The molecular formula is C14H17ClN2O3. The van der Waals surface area contributed by atoms with Crippen molar-refractivity contribution in [1.29, 1.82) is 0 Å². The van der Waals surface area contributed by atoms with Gasteiger partial charge in [0.1, 0.15) is 0 Å². The van der Waals surface area contributed by atoms with Crippen LogP contribution in [0.2, 0.25) is 5.02 Å². The van der Waals surface area contributed by atoms with Crippen LogP contribution in [-0.2, 0) is 4.79 Å². The molecule has 0 bridgehead atoms. The van der Waals surface area contributed by atoms with Gasteiger partial charge >= 0.3 is 5.97 Å². The smallest absolute Gasteiger partial charge is 0.337 e. The van der Waals surface area contributed by atoms with E-state index in [9.17, 15) is 9.59 Å². The van der Waals surface area contributed by atoms with Crippen LogP contribution in [0.15, 0.2) is 18.2 Å². The standard InChI is InChI=1S/C14H17ClN2O3/c15-10-2-3-12(11(7-10)14(19)20)17-13(18)4-1-9-5-6-16-8-9/h2-3,7,9,16H,1,4-6,8H2,(H,17,18)(H,19,20). The summed E-state index contributed by atoms with van der Waals surface area (Å²) in [6.07, 6.45) is 2.30. The van der Waals surface area contributed by atoms with Crippen molar-refractivity contribution in [2.75, 3.05) is 18.4 Å². The normalized spacial score (nSPS) is 17.9. The molecule has 1 amide bonds. The van der Waals surface area contributed by atoms with Gasteiger partial charge in [0.2, 0.25) is 5.91 Å². The number of anilines is 1. The maximum Gasteiger partial charge on any atom is 0.337 e. The van der Waals surface area contributed by atoms with E-state index >= 15 is 0 Å². The Kier molecular flexibility index (Phi) is 4.98. The van der Waals surface area contributed by atoms with Gasteiger partial charge in [0.15, 0.2) is 0 Å². The predicted octanol–water partition coefficient (Wildman–Crippen LogP) is 2.37. The molecule has 1 aliphatic rings. The highest BCUT2D eigenvalue weighted by Gasteiger charge is 2.17. The van der Waals surface area contributed by atoms with E-state index in [1.54, 1.807) is 6.07 Å². The van der Waals surface area contributed by atoms with E-state index < -0.39 is 5.97 Å². The van der Waals surface area contributed by atoms with E-state index in [1.165, 1.54) is 12.1 Å². The van der Waals surface area contributed by atoms with E-state index in [0.717, 1.165) is 25.9 Å². The average molecular weight is 297 g/mol. The molecule has 1 heterocycles. The van der Waals surface area contributed by atoms with Crippen molar-refractivity contribution in [1.82, 2.24) is 5.32 Å². The molecule has 1 atom stereocenters. The van der Waals surface area contributed by atoms with Gasteiger partial charge in [0.05, 0.1) is 11.3 Å². The number of carboxylic acids is 1. The summed E-state index contributed by atoms with van der Waals surface area (Å²) in [6, 6.07) is 4.41. The summed E-state index contributed by atoms with van der Waals surface area (Å²) in [4.78, 5) is 23.0. The van der Waals surface area contributed by atoms with Crippen LogP contribution in [0.5, 0.6) is 0 Å². The Morgan fingerprint density at radius 1 is 1.45 bits per heavy atom. The quantitative estimate of drug-likeness (QED) is 0.779. The number of carboxylic acid groups (broad SMARTS) is 1. The van der Waals surface area contributed by atoms with Crippen molar-refractivity contribution in [3.05, 3.63) is 28.8 Å². The third kappa shape index (κ3) is 3.95. The number of benzene rings is 1. The summed E-state index contributed by atoms with van der Waals surface area (Å²) in [5.41, 5.74) is 0.296. The first kappa shape index (κ1) is 14.8. The first-order chi connectivity index (χ1) is 9.56. The number of aromatic carboxylic acids is 1. The summed E-state index contributed by atoms with van der Waals surface area (Å²) in [5.74, 6) is -0.741. The molecular weight excluding hydrogens is 280 g/mol. The van der Waals surface area contributed by atoms with Crippen LogP contribution < -0.4 is 10.6 Å². The molecule has 0 saturated carbocycles. The lowest BCUT2D eigenvalue weighted by Gasteiger charge is -2.10. The van der Waals surface area contributed by atoms with Crippen molar-refractivity contribution in [2.24, 2.45) is 5.92 Å². The Morgan fingerprint density at radius 3 is 2.90 bits per heavy atom. The molecule has 1 fully saturated rings. The van der Waals surface area contributed by atoms with Crippen molar-refractivity contribution in [3.8, 4) is 0 Å². The molecule has 5 nitrogen and oxygen atoms in total. The topological polar surface area (TPSA) is 78.4 Å². The van der Waals surface area contributed by atoms with Crippen molar-refractivity contribution >= 4 is 29.2 Å². The number of hydrogen-bond donors (Lipinski definition) is 3. The van der Waals surface area contributed by atoms with E-state index in [-0.39, 0.29) is 17.2 Å². The van der Waals surface area contributed by atoms with Gasteiger partial charge in [-0.25, -0.2) is 4.79 Å². The Morgan fingerprint density at radius 2 is 2.25 bits per heavy atom. The first-order valence-electron chi connectivity index (χ1n) is 6.59. The molecule has 1 aromatic rings. The van der Waals surface area contributed by atoms with Crippen LogP contribution in [0, 0.1) is 5.92 Å². The number of amides is 1. The van der Waals surface area contributed by atoms with E-state index in [4.69, 9.17) is 16.7 Å². The minimum absolute atomic E-state index is 0.00776. The molecule has 1 aliphatic heterocycles. The Hall–Kier alpha value is -1.59. The summed E-state index contributed by atoms with van der Waals surface area (Å²) < 4.78 is 0. The zero-order valence-corrected chi connectivity index (χ0v) is 11.7. The lowest BCUT2D eigenvalue weighted by Crippen LogP contribution is -2.16. The van der Waals surface area contributed by atoms with Crippen molar-refractivity contribution in [2.45, 2.75) is 19.3 Å². The van der Waals surface area contributed by atoms with Gasteiger partial charge < -0.3 is 15.7 Å². The van der Waals surface area contributed by atoms with E-state index in [0.29, 0.717) is 17.4 Å². The maximum absolute atomic E-state index is 11.9.